The fourth-order valence-corrected chi connectivity index (χ4v) is 2.41. The largest absolute Gasteiger partial charge is 0.441 e. The lowest BCUT2D eigenvalue weighted by Gasteiger charge is -2.27. The highest BCUT2D eigenvalue weighted by atomic mass is 35.5. The highest BCUT2D eigenvalue weighted by molar-refractivity contribution is 5.85. The van der Waals surface area contributed by atoms with Gasteiger partial charge < -0.3 is 13.9 Å². The zero-order valence-corrected chi connectivity index (χ0v) is 13.5. The number of hydrogen-bond acceptors (Lipinski definition) is 8. The number of cyclic esters (lactones) is 1. The molecule has 1 aromatic heterocycles. The predicted molar refractivity (Wildman–Crippen MR) is 84.4 cm³/mol. The van der Waals surface area contributed by atoms with Gasteiger partial charge in [0.25, 0.3) is 0 Å². The van der Waals surface area contributed by atoms with Gasteiger partial charge in [-0.15, -0.1) is 12.4 Å². The molecule has 24 heavy (non-hydrogen) atoms. The minimum atomic E-state index is -0.639. The van der Waals surface area contributed by atoms with Crippen molar-refractivity contribution in [1.82, 2.24) is 9.91 Å². The number of ether oxygens (including phenoxy) is 2. The van der Waals surface area contributed by atoms with Crippen molar-refractivity contribution in [1.29, 1.82) is 0 Å². The zero-order valence-electron chi connectivity index (χ0n) is 12.7. The number of halogens is 1. The van der Waals surface area contributed by atoms with Crippen molar-refractivity contribution in [2.24, 2.45) is 5.10 Å². The van der Waals surface area contributed by atoms with Crippen molar-refractivity contribution in [3.05, 3.63) is 28.0 Å². The van der Waals surface area contributed by atoms with Gasteiger partial charge in [-0.1, -0.05) is 0 Å². The highest BCUT2D eigenvalue weighted by Gasteiger charge is 2.32. The molecule has 11 heteroatoms. The Balaban J connectivity index is 0.00000208. The summed E-state index contributed by atoms with van der Waals surface area (Å²) < 4.78 is 15.5. The summed E-state index contributed by atoms with van der Waals surface area (Å²) in [4.78, 5) is 23.8. The first-order valence-corrected chi connectivity index (χ1v) is 7.18. The third kappa shape index (κ3) is 4.43. The fourth-order valence-electron chi connectivity index (χ4n) is 2.41. The Morgan fingerprint density at radius 3 is 2.79 bits per heavy atom. The average molecular weight is 361 g/mol. The number of hydrazone groups is 1. The van der Waals surface area contributed by atoms with Gasteiger partial charge in [0.1, 0.15) is 11.0 Å². The molecule has 2 saturated heterocycles. The Kier molecular flexibility index (Phi) is 6.12. The summed E-state index contributed by atoms with van der Waals surface area (Å²) in [5.41, 5.74) is 0. The van der Waals surface area contributed by atoms with Gasteiger partial charge in [0.15, 0.2) is 5.76 Å². The molecule has 0 radical (unpaired) electrons. The van der Waals surface area contributed by atoms with Crippen LogP contribution in [0.2, 0.25) is 0 Å². The standard InChI is InChI=1S/C13H16N4O6.ClH/c18-13-16(14-7-10-1-2-12(22-10)17(19)20)9-11(23-13)8-15-3-5-21-6-4-15;/h1-2,7,11H,3-6,8-9H2;1H/b14-7-;/t11-;/m0./s1. The van der Waals surface area contributed by atoms with E-state index in [1.807, 2.05) is 0 Å². The molecule has 0 aromatic carbocycles. The number of amides is 1. The number of hydrogen-bond donors (Lipinski definition) is 0. The molecule has 0 bridgehead atoms. The van der Waals surface area contributed by atoms with E-state index in [-0.39, 0.29) is 30.2 Å². The van der Waals surface area contributed by atoms with E-state index in [0.29, 0.717) is 26.3 Å². The average Bonchev–Trinajstić information content (AvgIpc) is 3.13. The summed E-state index contributed by atoms with van der Waals surface area (Å²) in [6.45, 7) is 3.95. The highest BCUT2D eigenvalue weighted by Crippen LogP contribution is 2.16. The van der Waals surface area contributed by atoms with Crippen LogP contribution in [0.4, 0.5) is 10.7 Å². The fraction of sp³-hybridized carbons (Fsp3) is 0.538. The maximum atomic E-state index is 11.8. The van der Waals surface area contributed by atoms with E-state index in [1.54, 1.807) is 0 Å². The summed E-state index contributed by atoms with van der Waals surface area (Å²) in [7, 11) is 0. The number of nitrogens with zero attached hydrogens (tertiary/aromatic N) is 4. The molecular formula is C13H17ClN4O6. The molecule has 3 rings (SSSR count). The van der Waals surface area contributed by atoms with Crippen LogP contribution in [-0.2, 0) is 9.47 Å². The molecule has 132 valence electrons. The molecule has 0 N–H and O–H groups in total. The van der Waals surface area contributed by atoms with Crippen LogP contribution in [0.3, 0.4) is 0 Å². The lowest BCUT2D eigenvalue weighted by atomic mass is 10.3. The smallest absolute Gasteiger partial charge is 0.433 e. The van der Waals surface area contributed by atoms with Crippen LogP contribution in [0.5, 0.6) is 0 Å². The molecule has 0 spiro atoms. The number of carbonyl (C=O) groups is 1. The number of rotatable bonds is 5. The summed E-state index contributed by atoms with van der Waals surface area (Å²) in [5, 5.41) is 15.7. The Morgan fingerprint density at radius 2 is 2.12 bits per heavy atom. The Bertz CT molecular complexity index is 615. The van der Waals surface area contributed by atoms with E-state index in [4.69, 9.17) is 13.9 Å². The van der Waals surface area contributed by atoms with Crippen LogP contribution in [0.1, 0.15) is 5.76 Å². The van der Waals surface area contributed by atoms with Crippen molar-refractivity contribution in [2.75, 3.05) is 39.4 Å². The topological polar surface area (TPSA) is 111 Å². The maximum absolute atomic E-state index is 11.8. The molecule has 1 amide bonds. The van der Waals surface area contributed by atoms with Gasteiger partial charge in [0, 0.05) is 19.6 Å². The third-order valence-corrected chi connectivity index (χ3v) is 3.54. The van der Waals surface area contributed by atoms with Gasteiger partial charge in [0.2, 0.25) is 0 Å². The Morgan fingerprint density at radius 1 is 1.38 bits per heavy atom. The van der Waals surface area contributed by atoms with Crippen LogP contribution in [-0.4, -0.2) is 72.6 Å². The molecule has 3 heterocycles. The second kappa shape index (κ2) is 8.08. The monoisotopic (exact) mass is 360 g/mol. The van der Waals surface area contributed by atoms with E-state index in [9.17, 15) is 14.9 Å². The molecule has 0 unspecified atom stereocenters. The molecule has 0 aliphatic carbocycles. The van der Waals surface area contributed by atoms with Gasteiger partial charge in [-0.3, -0.25) is 15.0 Å². The molecule has 1 atom stereocenters. The van der Waals surface area contributed by atoms with Gasteiger partial charge in [-0.05, 0) is 6.07 Å². The number of carbonyl (C=O) groups excluding carboxylic acids is 1. The second-order valence-electron chi connectivity index (χ2n) is 5.18. The number of morpholine rings is 1. The first-order chi connectivity index (χ1) is 11.1. The molecule has 2 aliphatic rings. The van der Waals surface area contributed by atoms with Gasteiger partial charge in [-0.2, -0.15) is 10.1 Å². The van der Waals surface area contributed by atoms with Crippen LogP contribution in [0.25, 0.3) is 0 Å². The number of nitro groups is 1. The van der Waals surface area contributed by atoms with Crippen molar-refractivity contribution in [3.8, 4) is 0 Å². The summed E-state index contributed by atoms with van der Waals surface area (Å²) >= 11 is 0. The zero-order chi connectivity index (χ0) is 16.2. The first kappa shape index (κ1) is 18.2. The third-order valence-electron chi connectivity index (χ3n) is 3.54. The normalized spacial score (nSPS) is 21.8. The van der Waals surface area contributed by atoms with Crippen molar-refractivity contribution < 1.29 is 23.6 Å². The maximum Gasteiger partial charge on any atom is 0.433 e. The molecular weight excluding hydrogens is 344 g/mol. The second-order valence-corrected chi connectivity index (χ2v) is 5.18. The molecule has 10 nitrogen and oxygen atoms in total. The van der Waals surface area contributed by atoms with E-state index in [1.165, 1.54) is 23.4 Å². The lowest BCUT2D eigenvalue weighted by molar-refractivity contribution is -0.402. The Hall–Kier alpha value is -2.17. The van der Waals surface area contributed by atoms with Crippen LogP contribution < -0.4 is 0 Å². The van der Waals surface area contributed by atoms with E-state index >= 15 is 0 Å². The van der Waals surface area contributed by atoms with Crippen LogP contribution in [0.15, 0.2) is 21.7 Å². The van der Waals surface area contributed by atoms with E-state index < -0.39 is 11.0 Å². The molecule has 2 aliphatic heterocycles. The summed E-state index contributed by atoms with van der Waals surface area (Å²) in [6.07, 6.45) is 0.454. The SMILES string of the molecule is Cl.O=C1O[C@@H](CN2CCOCC2)CN1/N=C\c1ccc([N+](=O)[O-])o1. The van der Waals surface area contributed by atoms with E-state index in [2.05, 4.69) is 10.0 Å². The Labute approximate surface area is 143 Å². The van der Waals surface area contributed by atoms with Gasteiger partial charge >= 0.3 is 12.0 Å². The number of furan rings is 1. The molecule has 2 fully saturated rings. The minimum absolute atomic E-state index is 0. The lowest BCUT2D eigenvalue weighted by Crippen LogP contribution is -2.41. The quantitative estimate of drug-likeness (QED) is 0.439. The van der Waals surface area contributed by atoms with Crippen LogP contribution in [0, 0.1) is 10.1 Å². The minimum Gasteiger partial charge on any atom is -0.441 e. The van der Waals surface area contributed by atoms with Crippen molar-refractivity contribution >= 4 is 30.6 Å². The van der Waals surface area contributed by atoms with Gasteiger partial charge in [0.05, 0.1) is 32.0 Å². The molecule has 1 aromatic rings. The van der Waals surface area contributed by atoms with Crippen LogP contribution >= 0.6 is 12.4 Å². The van der Waals surface area contributed by atoms with Gasteiger partial charge in [-0.25, -0.2) is 4.79 Å². The molecule has 0 saturated carbocycles. The predicted octanol–water partition coefficient (Wildman–Crippen LogP) is 1.10. The summed E-state index contributed by atoms with van der Waals surface area (Å²) in [5.74, 6) is -0.179. The first-order valence-electron chi connectivity index (χ1n) is 7.18. The van der Waals surface area contributed by atoms with E-state index in [0.717, 1.165) is 13.1 Å². The van der Waals surface area contributed by atoms with Crippen molar-refractivity contribution in [2.45, 2.75) is 6.10 Å². The van der Waals surface area contributed by atoms with Crippen molar-refractivity contribution in [3.63, 3.8) is 0 Å². The summed E-state index contributed by atoms with van der Waals surface area (Å²) in [6, 6.07) is 2.64.